The van der Waals surface area contributed by atoms with Crippen LogP contribution in [0.2, 0.25) is 0 Å². The van der Waals surface area contributed by atoms with Gasteiger partial charge in [0.2, 0.25) is 10.0 Å². The van der Waals surface area contributed by atoms with Crippen LogP contribution in [0.3, 0.4) is 0 Å². The number of carbonyl (C=O) groups excluding carboxylic acids is 1. The fourth-order valence-corrected chi connectivity index (χ4v) is 6.61. The van der Waals surface area contributed by atoms with Crippen molar-refractivity contribution in [1.29, 1.82) is 0 Å². The van der Waals surface area contributed by atoms with Gasteiger partial charge in [-0.2, -0.15) is 4.31 Å². The smallest absolute Gasteiger partial charge is 0.264 e. The molecule has 0 aromatic carbocycles. The molecule has 2 aromatic heterocycles. The van der Waals surface area contributed by atoms with E-state index in [0.717, 1.165) is 24.1 Å². The van der Waals surface area contributed by atoms with E-state index in [-0.39, 0.29) is 23.9 Å². The third-order valence-electron chi connectivity index (χ3n) is 5.06. The summed E-state index contributed by atoms with van der Waals surface area (Å²) in [6, 6.07) is 2.00. The molecule has 0 spiro atoms. The number of hydrogen-bond acceptors (Lipinski definition) is 6. The predicted octanol–water partition coefficient (Wildman–Crippen LogP) is 3.01. The minimum atomic E-state index is -3.67. The van der Waals surface area contributed by atoms with Crippen molar-refractivity contribution >= 4 is 27.3 Å². The standard InChI is InChI=1S/C19H27N3O4S2/c1-5-7-16-15(6-2)12-17(27-16)19(23)21-8-10-22(11-9-21)28(24,25)18-13(3)20-26-14(18)4/h12H,5-11H2,1-4H3. The molecule has 0 atom stereocenters. The van der Waals surface area contributed by atoms with Gasteiger partial charge in [0.05, 0.1) is 4.88 Å². The molecule has 1 aliphatic rings. The largest absolute Gasteiger partial charge is 0.360 e. The van der Waals surface area contributed by atoms with Crippen molar-refractivity contribution in [2.75, 3.05) is 26.2 Å². The van der Waals surface area contributed by atoms with Crippen molar-refractivity contribution in [3.63, 3.8) is 0 Å². The van der Waals surface area contributed by atoms with Crippen molar-refractivity contribution in [3.05, 3.63) is 32.8 Å². The Bertz CT molecular complexity index is 934. The van der Waals surface area contributed by atoms with Gasteiger partial charge in [-0.1, -0.05) is 25.4 Å². The normalized spacial score (nSPS) is 15.9. The van der Waals surface area contributed by atoms with Crippen LogP contribution in [0.15, 0.2) is 15.5 Å². The summed E-state index contributed by atoms with van der Waals surface area (Å²) in [4.78, 5) is 16.9. The maximum Gasteiger partial charge on any atom is 0.264 e. The van der Waals surface area contributed by atoms with Gasteiger partial charge in [-0.25, -0.2) is 8.42 Å². The lowest BCUT2D eigenvalue weighted by Gasteiger charge is -2.33. The number of nitrogens with zero attached hydrogens (tertiary/aromatic N) is 3. The van der Waals surface area contributed by atoms with E-state index in [9.17, 15) is 13.2 Å². The molecule has 9 heteroatoms. The van der Waals surface area contributed by atoms with Crippen LogP contribution >= 0.6 is 11.3 Å². The first-order valence-electron chi connectivity index (χ1n) is 9.63. The number of aryl methyl sites for hydroxylation is 4. The number of thiophene rings is 1. The second-order valence-corrected chi connectivity index (χ2v) is 10.0. The topological polar surface area (TPSA) is 83.7 Å². The first-order chi connectivity index (χ1) is 13.3. The summed E-state index contributed by atoms with van der Waals surface area (Å²) in [6.45, 7) is 8.76. The summed E-state index contributed by atoms with van der Waals surface area (Å²) in [5, 5.41) is 3.75. The summed E-state index contributed by atoms with van der Waals surface area (Å²) < 4.78 is 32.3. The summed E-state index contributed by atoms with van der Waals surface area (Å²) in [5.41, 5.74) is 1.61. The SMILES string of the molecule is CCCc1sc(C(=O)N2CCN(S(=O)(=O)c3c(C)noc3C)CC2)cc1CC. The molecule has 1 saturated heterocycles. The molecule has 3 rings (SSSR count). The third kappa shape index (κ3) is 3.88. The molecule has 1 amide bonds. The van der Waals surface area contributed by atoms with E-state index in [0.29, 0.717) is 24.5 Å². The lowest BCUT2D eigenvalue weighted by molar-refractivity contribution is 0.0702. The molecule has 2 aromatic rings. The Hall–Kier alpha value is -1.71. The second-order valence-electron chi connectivity index (χ2n) is 7.01. The molecule has 28 heavy (non-hydrogen) atoms. The summed E-state index contributed by atoms with van der Waals surface area (Å²) >= 11 is 1.57. The van der Waals surface area contributed by atoms with E-state index < -0.39 is 10.0 Å². The zero-order chi connectivity index (χ0) is 20.5. The molecule has 1 aliphatic heterocycles. The highest BCUT2D eigenvalue weighted by atomic mass is 32.2. The Balaban J connectivity index is 1.71. The molecule has 3 heterocycles. The third-order valence-corrected chi connectivity index (χ3v) is 8.43. The van der Waals surface area contributed by atoms with Gasteiger partial charge in [-0.05, 0) is 38.3 Å². The Morgan fingerprint density at radius 1 is 1.21 bits per heavy atom. The van der Waals surface area contributed by atoms with Crippen molar-refractivity contribution < 1.29 is 17.7 Å². The molecule has 154 valence electrons. The number of hydrogen-bond donors (Lipinski definition) is 0. The molecule has 0 aliphatic carbocycles. The fourth-order valence-electron chi connectivity index (χ4n) is 3.57. The molecule has 0 bridgehead atoms. The molecule has 0 radical (unpaired) electrons. The zero-order valence-corrected chi connectivity index (χ0v) is 18.5. The lowest BCUT2D eigenvalue weighted by Crippen LogP contribution is -2.50. The van der Waals surface area contributed by atoms with Gasteiger partial charge in [0.1, 0.15) is 10.6 Å². The van der Waals surface area contributed by atoms with Crippen LogP contribution in [-0.4, -0.2) is 54.9 Å². The van der Waals surface area contributed by atoms with E-state index in [1.807, 2.05) is 6.07 Å². The molecule has 0 N–H and O–H groups in total. The Labute approximate surface area is 170 Å². The number of carbonyl (C=O) groups is 1. The minimum Gasteiger partial charge on any atom is -0.360 e. The average Bonchev–Trinajstić information content (AvgIpc) is 3.24. The van der Waals surface area contributed by atoms with Crippen LogP contribution in [0.1, 0.15) is 51.8 Å². The van der Waals surface area contributed by atoms with Crippen molar-refractivity contribution in [2.24, 2.45) is 0 Å². The van der Waals surface area contributed by atoms with E-state index in [1.54, 1.807) is 30.1 Å². The first-order valence-corrected chi connectivity index (χ1v) is 11.9. The highest BCUT2D eigenvalue weighted by Gasteiger charge is 2.34. The van der Waals surface area contributed by atoms with Gasteiger partial charge in [0, 0.05) is 31.1 Å². The number of aromatic nitrogens is 1. The van der Waals surface area contributed by atoms with Gasteiger partial charge in [-0.3, -0.25) is 4.79 Å². The van der Waals surface area contributed by atoms with Gasteiger partial charge < -0.3 is 9.42 Å². The monoisotopic (exact) mass is 425 g/mol. The van der Waals surface area contributed by atoms with Gasteiger partial charge >= 0.3 is 0 Å². The van der Waals surface area contributed by atoms with Crippen LogP contribution < -0.4 is 0 Å². The van der Waals surface area contributed by atoms with E-state index >= 15 is 0 Å². The maximum atomic E-state index is 12.9. The molecular formula is C19H27N3O4S2. The van der Waals surface area contributed by atoms with Crippen LogP contribution in [0, 0.1) is 13.8 Å². The number of piperazine rings is 1. The van der Waals surface area contributed by atoms with Crippen molar-refractivity contribution in [3.8, 4) is 0 Å². The predicted molar refractivity (Wildman–Crippen MR) is 108 cm³/mol. The highest BCUT2D eigenvalue weighted by Crippen LogP contribution is 2.27. The molecule has 0 unspecified atom stereocenters. The molecule has 0 saturated carbocycles. The first kappa shape index (κ1) is 21.0. The van der Waals surface area contributed by atoms with Crippen LogP contribution in [-0.2, 0) is 22.9 Å². The number of sulfonamides is 1. The van der Waals surface area contributed by atoms with Crippen molar-refractivity contribution in [1.82, 2.24) is 14.4 Å². The number of amides is 1. The van der Waals surface area contributed by atoms with E-state index in [1.165, 1.54) is 14.7 Å². The quantitative estimate of drug-likeness (QED) is 0.710. The summed E-state index contributed by atoms with van der Waals surface area (Å²) in [6.07, 6.45) is 2.96. The zero-order valence-electron chi connectivity index (χ0n) is 16.8. The number of rotatable bonds is 6. The van der Waals surface area contributed by atoms with E-state index in [4.69, 9.17) is 4.52 Å². The summed E-state index contributed by atoms with van der Waals surface area (Å²) in [5.74, 6) is 0.293. The second kappa shape index (κ2) is 8.34. The Morgan fingerprint density at radius 3 is 2.43 bits per heavy atom. The highest BCUT2D eigenvalue weighted by molar-refractivity contribution is 7.89. The van der Waals surface area contributed by atoms with Crippen LogP contribution in [0.25, 0.3) is 0 Å². The minimum absolute atomic E-state index is 0.00330. The lowest BCUT2D eigenvalue weighted by atomic mass is 10.1. The van der Waals surface area contributed by atoms with Crippen LogP contribution in [0.5, 0.6) is 0 Å². The van der Waals surface area contributed by atoms with Gasteiger partial charge in [0.15, 0.2) is 5.76 Å². The Morgan fingerprint density at radius 2 is 1.89 bits per heavy atom. The molecular weight excluding hydrogens is 398 g/mol. The fraction of sp³-hybridized carbons (Fsp3) is 0.579. The average molecular weight is 426 g/mol. The van der Waals surface area contributed by atoms with Crippen molar-refractivity contribution in [2.45, 2.75) is 51.9 Å². The Kier molecular flexibility index (Phi) is 6.26. The van der Waals surface area contributed by atoms with Crippen LogP contribution in [0.4, 0.5) is 0 Å². The maximum absolute atomic E-state index is 12.9. The molecule has 1 fully saturated rings. The summed E-state index contributed by atoms with van der Waals surface area (Å²) in [7, 11) is -3.67. The van der Waals surface area contributed by atoms with Gasteiger partial charge in [-0.15, -0.1) is 11.3 Å². The molecule has 7 nitrogen and oxygen atoms in total. The van der Waals surface area contributed by atoms with Gasteiger partial charge in [0.25, 0.3) is 5.91 Å². The van der Waals surface area contributed by atoms with E-state index in [2.05, 4.69) is 19.0 Å².